The molecule has 6 heteroatoms. The van der Waals surface area contributed by atoms with Gasteiger partial charge < -0.3 is 10.5 Å². The second-order valence-electron chi connectivity index (χ2n) is 6.13. The zero-order valence-corrected chi connectivity index (χ0v) is 16.0. The van der Waals surface area contributed by atoms with Crippen LogP contribution < -0.4 is 10.5 Å². The first-order chi connectivity index (χ1) is 12.9. The number of halogens is 1. The molecule has 0 unspecified atom stereocenters. The SMILES string of the molecule is CCOc1ccc(/C=C2/C(C)=C(C#N)c3nc(N)c(C#N)c(C)c32)cc1Cl. The number of fused-ring (bicyclic) bond motifs is 1. The summed E-state index contributed by atoms with van der Waals surface area (Å²) >= 11 is 6.30. The molecule has 0 atom stereocenters. The van der Waals surface area contributed by atoms with Crippen LogP contribution in [0.5, 0.6) is 5.75 Å². The topological polar surface area (TPSA) is 95.7 Å². The minimum Gasteiger partial charge on any atom is -0.492 e. The number of rotatable bonds is 3. The van der Waals surface area contributed by atoms with E-state index in [-0.39, 0.29) is 5.82 Å². The number of anilines is 1. The van der Waals surface area contributed by atoms with Crippen molar-refractivity contribution in [3.05, 3.63) is 56.7 Å². The number of nitrogens with zero attached hydrogens (tertiary/aromatic N) is 3. The number of hydrogen-bond donors (Lipinski definition) is 1. The van der Waals surface area contributed by atoms with E-state index in [1.807, 2.05) is 45.0 Å². The number of nitriles is 2. The van der Waals surface area contributed by atoms with Crippen molar-refractivity contribution in [3.8, 4) is 17.9 Å². The Balaban J connectivity index is 2.23. The maximum absolute atomic E-state index is 9.60. The van der Waals surface area contributed by atoms with Gasteiger partial charge >= 0.3 is 0 Å². The van der Waals surface area contributed by atoms with Gasteiger partial charge in [-0.15, -0.1) is 0 Å². The van der Waals surface area contributed by atoms with Gasteiger partial charge in [0.25, 0.3) is 0 Å². The van der Waals surface area contributed by atoms with Crippen LogP contribution in [0.3, 0.4) is 0 Å². The van der Waals surface area contributed by atoms with Gasteiger partial charge in [-0.25, -0.2) is 4.98 Å². The average molecular weight is 377 g/mol. The molecule has 0 spiro atoms. The van der Waals surface area contributed by atoms with Crippen molar-refractivity contribution in [2.24, 2.45) is 0 Å². The smallest absolute Gasteiger partial charge is 0.142 e. The third-order valence-electron chi connectivity index (χ3n) is 4.55. The predicted molar refractivity (Wildman–Crippen MR) is 107 cm³/mol. The summed E-state index contributed by atoms with van der Waals surface area (Å²) in [4.78, 5) is 4.32. The molecule has 0 saturated heterocycles. The van der Waals surface area contributed by atoms with Crippen LogP contribution in [0.4, 0.5) is 5.82 Å². The van der Waals surface area contributed by atoms with Crippen molar-refractivity contribution >= 4 is 34.6 Å². The highest BCUT2D eigenvalue weighted by atomic mass is 35.5. The quantitative estimate of drug-likeness (QED) is 0.833. The van der Waals surface area contributed by atoms with Gasteiger partial charge in [0.2, 0.25) is 0 Å². The minimum atomic E-state index is 0.139. The number of allylic oxidation sites excluding steroid dienone is 3. The average Bonchev–Trinajstić information content (AvgIpc) is 2.89. The Kier molecular flexibility index (Phi) is 4.90. The predicted octanol–water partition coefficient (Wildman–Crippen LogP) is 4.75. The zero-order valence-electron chi connectivity index (χ0n) is 15.2. The van der Waals surface area contributed by atoms with Crippen LogP contribution in [0.15, 0.2) is 23.8 Å². The van der Waals surface area contributed by atoms with Crippen LogP contribution in [-0.2, 0) is 0 Å². The Labute approximate surface area is 163 Å². The second kappa shape index (κ2) is 7.15. The molecule has 27 heavy (non-hydrogen) atoms. The molecule has 0 fully saturated rings. The Bertz CT molecular complexity index is 1100. The Morgan fingerprint density at radius 3 is 2.59 bits per heavy atom. The van der Waals surface area contributed by atoms with E-state index in [9.17, 15) is 10.5 Å². The number of nitrogens with two attached hydrogens (primary N) is 1. The third kappa shape index (κ3) is 3.03. The van der Waals surface area contributed by atoms with E-state index in [1.54, 1.807) is 0 Å². The summed E-state index contributed by atoms with van der Waals surface area (Å²) in [5, 5.41) is 19.5. The molecule has 1 aliphatic rings. The first-order valence-electron chi connectivity index (χ1n) is 8.39. The highest BCUT2D eigenvalue weighted by Crippen LogP contribution is 2.44. The molecule has 1 heterocycles. The first kappa shape index (κ1) is 18.5. The van der Waals surface area contributed by atoms with Gasteiger partial charge in [0, 0.05) is 5.56 Å². The summed E-state index contributed by atoms with van der Waals surface area (Å²) < 4.78 is 5.47. The monoisotopic (exact) mass is 376 g/mol. The molecule has 2 N–H and O–H groups in total. The molecule has 0 saturated carbocycles. The van der Waals surface area contributed by atoms with Crippen LogP contribution in [0.25, 0.3) is 17.2 Å². The van der Waals surface area contributed by atoms with E-state index in [4.69, 9.17) is 22.1 Å². The van der Waals surface area contributed by atoms with E-state index in [0.29, 0.717) is 39.8 Å². The van der Waals surface area contributed by atoms with Crippen molar-refractivity contribution in [3.63, 3.8) is 0 Å². The van der Waals surface area contributed by atoms with Crippen molar-refractivity contribution < 1.29 is 4.74 Å². The van der Waals surface area contributed by atoms with Crippen molar-refractivity contribution in [1.82, 2.24) is 4.98 Å². The largest absolute Gasteiger partial charge is 0.492 e. The van der Waals surface area contributed by atoms with Gasteiger partial charge in [-0.2, -0.15) is 10.5 Å². The minimum absolute atomic E-state index is 0.139. The fourth-order valence-corrected chi connectivity index (χ4v) is 3.49. The molecule has 0 amide bonds. The lowest BCUT2D eigenvalue weighted by Gasteiger charge is -2.11. The van der Waals surface area contributed by atoms with Crippen molar-refractivity contribution in [2.75, 3.05) is 12.3 Å². The molecule has 134 valence electrons. The van der Waals surface area contributed by atoms with Gasteiger partial charge in [0.05, 0.1) is 28.5 Å². The van der Waals surface area contributed by atoms with Crippen LogP contribution in [0.2, 0.25) is 5.02 Å². The Morgan fingerprint density at radius 1 is 1.26 bits per heavy atom. The maximum atomic E-state index is 9.60. The number of pyridine rings is 1. The molecular formula is C21H17ClN4O. The Morgan fingerprint density at radius 2 is 2.00 bits per heavy atom. The molecule has 3 rings (SSSR count). The molecule has 0 bridgehead atoms. The molecule has 0 aliphatic heterocycles. The highest BCUT2D eigenvalue weighted by molar-refractivity contribution is 6.32. The van der Waals surface area contributed by atoms with Crippen LogP contribution in [-0.4, -0.2) is 11.6 Å². The number of nitrogen functional groups attached to an aromatic ring is 1. The van der Waals surface area contributed by atoms with E-state index in [0.717, 1.165) is 22.3 Å². The molecule has 1 aliphatic carbocycles. The lowest BCUT2D eigenvalue weighted by Crippen LogP contribution is -2.03. The van der Waals surface area contributed by atoms with E-state index >= 15 is 0 Å². The normalized spacial score (nSPS) is 14.1. The van der Waals surface area contributed by atoms with E-state index < -0.39 is 0 Å². The van der Waals surface area contributed by atoms with Crippen LogP contribution in [0.1, 0.15) is 41.8 Å². The van der Waals surface area contributed by atoms with Crippen molar-refractivity contribution in [2.45, 2.75) is 20.8 Å². The molecule has 1 aromatic heterocycles. The summed E-state index contributed by atoms with van der Waals surface area (Å²) in [5.41, 5.74) is 11.2. The summed E-state index contributed by atoms with van der Waals surface area (Å²) in [6, 6.07) is 9.82. The summed E-state index contributed by atoms with van der Waals surface area (Å²) in [6.07, 6.45) is 1.94. The molecule has 1 aromatic carbocycles. The molecule has 2 aromatic rings. The lowest BCUT2D eigenvalue weighted by atomic mass is 9.95. The second-order valence-corrected chi connectivity index (χ2v) is 6.53. The number of ether oxygens (including phenoxy) is 1. The van der Waals surface area contributed by atoms with Gasteiger partial charge in [-0.3, -0.25) is 0 Å². The number of aromatic nitrogens is 1. The molecule has 0 radical (unpaired) electrons. The number of benzene rings is 1. The van der Waals surface area contributed by atoms with Crippen LogP contribution in [0, 0.1) is 29.6 Å². The summed E-state index contributed by atoms with van der Waals surface area (Å²) in [7, 11) is 0. The third-order valence-corrected chi connectivity index (χ3v) is 4.85. The van der Waals surface area contributed by atoms with Crippen LogP contribution >= 0.6 is 11.6 Å². The van der Waals surface area contributed by atoms with Crippen molar-refractivity contribution in [1.29, 1.82) is 10.5 Å². The molecular weight excluding hydrogens is 360 g/mol. The zero-order chi connectivity index (χ0) is 19.7. The molecule has 5 nitrogen and oxygen atoms in total. The van der Waals surface area contributed by atoms with E-state index in [1.165, 1.54) is 0 Å². The number of hydrogen-bond acceptors (Lipinski definition) is 5. The lowest BCUT2D eigenvalue weighted by molar-refractivity contribution is 0.340. The Hall–Kier alpha value is -3.28. The highest BCUT2D eigenvalue weighted by Gasteiger charge is 2.29. The van der Waals surface area contributed by atoms with Gasteiger partial charge in [-0.1, -0.05) is 17.7 Å². The van der Waals surface area contributed by atoms with Gasteiger partial charge in [-0.05, 0) is 61.3 Å². The summed E-state index contributed by atoms with van der Waals surface area (Å²) in [5.74, 6) is 0.759. The van der Waals surface area contributed by atoms with Gasteiger partial charge in [0.1, 0.15) is 23.7 Å². The fourth-order valence-electron chi connectivity index (χ4n) is 3.24. The van der Waals surface area contributed by atoms with E-state index in [2.05, 4.69) is 17.1 Å². The maximum Gasteiger partial charge on any atom is 0.142 e. The standard InChI is InChI=1S/C21H17ClN4O/c1-4-27-18-6-5-13(8-17(18)22)7-14-11(2)15(9-23)20-19(14)12(3)16(10-24)21(25)26-20/h5-8H,4H2,1-3H3,(H2,25,26)/b14-7-. The first-order valence-corrected chi connectivity index (χ1v) is 8.77. The fraction of sp³-hybridized carbons (Fsp3) is 0.190. The summed E-state index contributed by atoms with van der Waals surface area (Å²) in [6.45, 7) is 6.11. The van der Waals surface area contributed by atoms with Gasteiger partial charge in [0.15, 0.2) is 0 Å².